The molecule has 3 rings (SSSR count). The molecule has 0 aliphatic carbocycles. The van der Waals surface area contributed by atoms with E-state index in [1.54, 1.807) is 0 Å². The van der Waals surface area contributed by atoms with Crippen LogP contribution in [0.15, 0.2) is 72.4 Å². The molecular formula is C20H13ClN4O3. The third kappa shape index (κ3) is 4.09. The van der Waals surface area contributed by atoms with Gasteiger partial charge in [0.15, 0.2) is 0 Å². The summed E-state index contributed by atoms with van der Waals surface area (Å²) in [4.78, 5) is 22.6. The molecule has 0 spiro atoms. The molecule has 0 atom stereocenters. The number of nitrogens with one attached hydrogen (secondary N) is 2. The molecule has 0 saturated heterocycles. The van der Waals surface area contributed by atoms with Crippen molar-refractivity contribution in [2.24, 2.45) is 0 Å². The van der Waals surface area contributed by atoms with Crippen LogP contribution >= 0.6 is 11.6 Å². The smallest absolute Gasteiger partial charge is 0.289 e. The van der Waals surface area contributed by atoms with Gasteiger partial charge in [-0.3, -0.25) is 14.9 Å². The van der Waals surface area contributed by atoms with Crippen molar-refractivity contribution in [1.29, 1.82) is 5.26 Å². The number of anilines is 2. The van der Waals surface area contributed by atoms with Crippen LogP contribution in [0.3, 0.4) is 0 Å². The van der Waals surface area contributed by atoms with Gasteiger partial charge in [0.05, 0.1) is 4.92 Å². The molecule has 3 aromatic rings. The summed E-state index contributed by atoms with van der Waals surface area (Å²) in [5.41, 5.74) is 0.370. The van der Waals surface area contributed by atoms with Crippen molar-refractivity contribution in [2.75, 3.05) is 10.6 Å². The predicted octanol–water partition coefficient (Wildman–Crippen LogP) is 4.86. The Labute approximate surface area is 165 Å². The van der Waals surface area contributed by atoms with Crippen LogP contribution in [0.4, 0.5) is 17.1 Å². The summed E-state index contributed by atoms with van der Waals surface area (Å²) in [6, 6.07) is 19.0. The average Bonchev–Trinajstić information content (AvgIpc) is 2.69. The van der Waals surface area contributed by atoms with E-state index in [1.807, 2.05) is 48.5 Å². The average molecular weight is 393 g/mol. The molecule has 0 aliphatic rings. The second kappa shape index (κ2) is 8.20. The number of rotatable bonds is 5. The van der Waals surface area contributed by atoms with Crippen LogP contribution < -0.4 is 10.6 Å². The summed E-state index contributed by atoms with van der Waals surface area (Å²) in [6.45, 7) is 0. The number of nitriles is 1. The first-order valence-electron chi connectivity index (χ1n) is 8.09. The fourth-order valence-corrected chi connectivity index (χ4v) is 2.77. The fraction of sp³-hybridized carbons (Fsp3) is 0. The molecule has 138 valence electrons. The van der Waals surface area contributed by atoms with Crippen LogP contribution in [0.25, 0.3) is 10.8 Å². The maximum Gasteiger partial charge on any atom is 0.289 e. The van der Waals surface area contributed by atoms with Gasteiger partial charge in [-0.25, -0.2) is 0 Å². The third-order valence-electron chi connectivity index (χ3n) is 3.93. The van der Waals surface area contributed by atoms with E-state index >= 15 is 0 Å². The van der Waals surface area contributed by atoms with E-state index in [4.69, 9.17) is 11.6 Å². The lowest BCUT2D eigenvalue weighted by molar-refractivity contribution is -0.384. The highest BCUT2D eigenvalue weighted by Crippen LogP contribution is 2.27. The summed E-state index contributed by atoms with van der Waals surface area (Å²) in [6.07, 6.45) is 1.29. The third-order valence-corrected chi connectivity index (χ3v) is 4.25. The second-order valence-corrected chi connectivity index (χ2v) is 6.13. The standard InChI is InChI=1S/C20H13ClN4O3/c21-17-9-8-15(10-19(17)25(27)28)24-20(26)14(11-22)12-23-18-7-3-5-13-4-1-2-6-16(13)18/h1-10,12,23H,(H,24,26)/b14-12-. The lowest BCUT2D eigenvalue weighted by Crippen LogP contribution is -2.14. The van der Waals surface area contributed by atoms with Crippen molar-refractivity contribution < 1.29 is 9.72 Å². The van der Waals surface area contributed by atoms with Crippen molar-refractivity contribution >= 4 is 45.3 Å². The van der Waals surface area contributed by atoms with E-state index in [1.165, 1.54) is 18.3 Å². The number of nitro groups is 1. The van der Waals surface area contributed by atoms with Gasteiger partial charge in [-0.05, 0) is 23.6 Å². The van der Waals surface area contributed by atoms with Gasteiger partial charge in [-0.2, -0.15) is 5.26 Å². The number of halogens is 1. The Kier molecular flexibility index (Phi) is 5.53. The van der Waals surface area contributed by atoms with Gasteiger partial charge < -0.3 is 10.6 Å². The van der Waals surface area contributed by atoms with E-state index in [0.29, 0.717) is 0 Å². The number of amides is 1. The van der Waals surface area contributed by atoms with E-state index in [-0.39, 0.29) is 22.0 Å². The van der Waals surface area contributed by atoms with Crippen LogP contribution in [0, 0.1) is 21.4 Å². The molecule has 7 nitrogen and oxygen atoms in total. The summed E-state index contributed by atoms with van der Waals surface area (Å²) in [7, 11) is 0. The summed E-state index contributed by atoms with van der Waals surface area (Å²) >= 11 is 5.75. The first-order valence-corrected chi connectivity index (χ1v) is 8.47. The van der Waals surface area contributed by atoms with Gasteiger partial charge in [0.1, 0.15) is 16.7 Å². The Morgan fingerprint density at radius 2 is 1.89 bits per heavy atom. The van der Waals surface area contributed by atoms with Crippen molar-refractivity contribution in [3.05, 3.63) is 87.6 Å². The van der Waals surface area contributed by atoms with Gasteiger partial charge in [0, 0.05) is 29.0 Å². The fourth-order valence-electron chi connectivity index (χ4n) is 2.58. The van der Waals surface area contributed by atoms with Crippen molar-refractivity contribution in [2.45, 2.75) is 0 Å². The molecule has 0 saturated carbocycles. The molecule has 0 aromatic heterocycles. The number of hydrogen-bond acceptors (Lipinski definition) is 5. The minimum absolute atomic E-state index is 0.0447. The lowest BCUT2D eigenvalue weighted by atomic mass is 10.1. The Bertz CT molecular complexity index is 1150. The van der Waals surface area contributed by atoms with E-state index in [0.717, 1.165) is 22.5 Å². The molecule has 0 heterocycles. The molecule has 0 unspecified atom stereocenters. The number of carbonyl (C=O) groups excluding carboxylic acids is 1. The van der Waals surface area contributed by atoms with E-state index in [9.17, 15) is 20.2 Å². The highest BCUT2D eigenvalue weighted by Gasteiger charge is 2.15. The Balaban J connectivity index is 1.81. The van der Waals surface area contributed by atoms with Gasteiger partial charge >= 0.3 is 0 Å². The Morgan fingerprint density at radius 1 is 1.14 bits per heavy atom. The monoisotopic (exact) mass is 392 g/mol. The minimum Gasteiger partial charge on any atom is -0.360 e. The maximum atomic E-state index is 12.3. The van der Waals surface area contributed by atoms with Gasteiger partial charge in [-0.1, -0.05) is 48.0 Å². The molecule has 0 fully saturated rings. The van der Waals surface area contributed by atoms with Gasteiger partial charge in [0.2, 0.25) is 0 Å². The predicted molar refractivity (Wildman–Crippen MR) is 108 cm³/mol. The molecule has 8 heteroatoms. The molecule has 28 heavy (non-hydrogen) atoms. The highest BCUT2D eigenvalue weighted by atomic mass is 35.5. The zero-order valence-electron chi connectivity index (χ0n) is 14.3. The summed E-state index contributed by atoms with van der Waals surface area (Å²) < 4.78 is 0. The zero-order valence-corrected chi connectivity index (χ0v) is 15.1. The molecule has 3 aromatic carbocycles. The SMILES string of the molecule is N#C/C(=C/Nc1cccc2ccccc12)C(=O)Nc1ccc(Cl)c([N+](=O)[O-])c1. The molecule has 2 N–H and O–H groups in total. The highest BCUT2D eigenvalue weighted by molar-refractivity contribution is 6.32. The molecule has 1 amide bonds. The van der Waals surface area contributed by atoms with E-state index < -0.39 is 10.8 Å². The first kappa shape index (κ1) is 18.9. The number of fused-ring (bicyclic) bond motifs is 1. The van der Waals surface area contributed by atoms with Crippen molar-refractivity contribution in [3.63, 3.8) is 0 Å². The Hall–Kier alpha value is -3.89. The number of hydrogen-bond donors (Lipinski definition) is 2. The molecule has 0 bridgehead atoms. The molecule has 0 radical (unpaired) electrons. The van der Waals surface area contributed by atoms with Gasteiger partial charge in [0.25, 0.3) is 11.6 Å². The largest absolute Gasteiger partial charge is 0.360 e. The van der Waals surface area contributed by atoms with Gasteiger partial charge in [-0.15, -0.1) is 0 Å². The van der Waals surface area contributed by atoms with Crippen LogP contribution in [-0.2, 0) is 4.79 Å². The topological polar surface area (TPSA) is 108 Å². The van der Waals surface area contributed by atoms with Crippen LogP contribution in [0.2, 0.25) is 5.02 Å². The van der Waals surface area contributed by atoms with Crippen LogP contribution in [0.5, 0.6) is 0 Å². The summed E-state index contributed by atoms with van der Waals surface area (Å²) in [5, 5.41) is 27.6. The van der Waals surface area contributed by atoms with Crippen molar-refractivity contribution in [3.8, 4) is 6.07 Å². The maximum absolute atomic E-state index is 12.3. The van der Waals surface area contributed by atoms with Crippen LogP contribution in [0.1, 0.15) is 0 Å². The zero-order chi connectivity index (χ0) is 20.1. The number of carbonyl (C=O) groups is 1. The second-order valence-electron chi connectivity index (χ2n) is 5.72. The van der Waals surface area contributed by atoms with E-state index in [2.05, 4.69) is 10.6 Å². The normalized spacial score (nSPS) is 10.9. The lowest BCUT2D eigenvalue weighted by Gasteiger charge is -2.08. The Morgan fingerprint density at radius 3 is 2.64 bits per heavy atom. The molecule has 0 aliphatic heterocycles. The summed E-state index contributed by atoms with van der Waals surface area (Å²) in [5.74, 6) is -0.702. The van der Waals surface area contributed by atoms with Crippen molar-refractivity contribution in [1.82, 2.24) is 0 Å². The number of nitrogens with zero attached hydrogens (tertiary/aromatic N) is 2. The quantitative estimate of drug-likeness (QED) is 0.279. The molecular weight excluding hydrogens is 380 g/mol. The van der Waals surface area contributed by atoms with Crippen LogP contribution in [-0.4, -0.2) is 10.8 Å². The first-order chi connectivity index (χ1) is 13.5. The minimum atomic E-state index is -0.702. The number of benzene rings is 3. The number of nitro benzene ring substituents is 1.